The highest BCUT2D eigenvalue weighted by molar-refractivity contribution is 5.85. The standard InChI is InChI=1S/C11H25N3O/c1-5-7-11(2,12)10(15)13-8-6-9-14(3)4/h5-9,12H2,1-4H3,(H,13,15). The Morgan fingerprint density at radius 3 is 2.53 bits per heavy atom. The van der Waals surface area contributed by atoms with Gasteiger partial charge in [-0.3, -0.25) is 4.79 Å². The molecule has 15 heavy (non-hydrogen) atoms. The predicted octanol–water partition coefficient (Wildman–Crippen LogP) is 0.572. The summed E-state index contributed by atoms with van der Waals surface area (Å²) in [6.07, 6.45) is 2.62. The summed E-state index contributed by atoms with van der Waals surface area (Å²) in [4.78, 5) is 13.7. The molecule has 4 nitrogen and oxygen atoms in total. The van der Waals surface area contributed by atoms with Gasteiger partial charge >= 0.3 is 0 Å². The van der Waals surface area contributed by atoms with Crippen LogP contribution in [0, 0.1) is 0 Å². The Balaban J connectivity index is 3.73. The Labute approximate surface area is 93.2 Å². The molecule has 0 aromatic carbocycles. The lowest BCUT2D eigenvalue weighted by Crippen LogP contribution is -2.51. The van der Waals surface area contributed by atoms with Gasteiger partial charge in [-0.05, 0) is 40.4 Å². The zero-order chi connectivity index (χ0) is 11.9. The van der Waals surface area contributed by atoms with E-state index in [-0.39, 0.29) is 5.91 Å². The van der Waals surface area contributed by atoms with Crippen LogP contribution in [-0.4, -0.2) is 43.5 Å². The Bertz CT molecular complexity index is 190. The maximum Gasteiger partial charge on any atom is 0.239 e. The molecule has 0 aliphatic rings. The minimum Gasteiger partial charge on any atom is -0.354 e. The van der Waals surface area contributed by atoms with Gasteiger partial charge in [0.25, 0.3) is 0 Å². The highest BCUT2D eigenvalue weighted by atomic mass is 16.2. The Morgan fingerprint density at radius 2 is 2.07 bits per heavy atom. The molecule has 1 amide bonds. The van der Waals surface area contributed by atoms with Gasteiger partial charge in [-0.1, -0.05) is 13.3 Å². The smallest absolute Gasteiger partial charge is 0.239 e. The molecular formula is C11H25N3O. The third-order valence-electron chi connectivity index (χ3n) is 2.36. The Kier molecular flexibility index (Phi) is 6.52. The van der Waals surface area contributed by atoms with Crippen molar-refractivity contribution < 1.29 is 4.79 Å². The SMILES string of the molecule is CCCC(C)(N)C(=O)NCCCN(C)C. The first-order chi connectivity index (χ1) is 6.90. The molecule has 0 heterocycles. The maximum atomic E-state index is 11.6. The maximum absolute atomic E-state index is 11.6. The van der Waals surface area contributed by atoms with Crippen molar-refractivity contribution in [2.75, 3.05) is 27.2 Å². The molecule has 3 N–H and O–H groups in total. The summed E-state index contributed by atoms with van der Waals surface area (Å²) >= 11 is 0. The number of carbonyl (C=O) groups excluding carboxylic acids is 1. The van der Waals surface area contributed by atoms with Crippen LogP contribution in [0.15, 0.2) is 0 Å². The van der Waals surface area contributed by atoms with Crippen molar-refractivity contribution in [2.24, 2.45) is 5.73 Å². The molecule has 0 rings (SSSR count). The van der Waals surface area contributed by atoms with E-state index < -0.39 is 5.54 Å². The summed E-state index contributed by atoms with van der Waals surface area (Å²) in [6, 6.07) is 0. The molecule has 0 spiro atoms. The first-order valence-corrected chi connectivity index (χ1v) is 5.62. The van der Waals surface area contributed by atoms with E-state index in [2.05, 4.69) is 10.2 Å². The van der Waals surface area contributed by atoms with Gasteiger partial charge in [-0.25, -0.2) is 0 Å². The zero-order valence-electron chi connectivity index (χ0n) is 10.5. The fourth-order valence-corrected chi connectivity index (χ4v) is 1.43. The summed E-state index contributed by atoms with van der Waals surface area (Å²) in [5, 5.41) is 2.87. The Hall–Kier alpha value is -0.610. The summed E-state index contributed by atoms with van der Waals surface area (Å²) in [5.41, 5.74) is 5.17. The quantitative estimate of drug-likeness (QED) is 0.611. The number of nitrogens with two attached hydrogens (primary N) is 1. The number of nitrogens with one attached hydrogen (secondary N) is 1. The van der Waals surface area contributed by atoms with Crippen molar-refractivity contribution in [3.8, 4) is 0 Å². The molecule has 90 valence electrons. The van der Waals surface area contributed by atoms with Gasteiger partial charge < -0.3 is 16.0 Å². The van der Waals surface area contributed by atoms with Crippen LogP contribution in [-0.2, 0) is 4.79 Å². The molecule has 0 aromatic rings. The molecule has 0 fully saturated rings. The second-order valence-electron chi connectivity index (χ2n) is 4.58. The summed E-state index contributed by atoms with van der Waals surface area (Å²) in [7, 11) is 4.04. The molecule has 1 unspecified atom stereocenters. The van der Waals surface area contributed by atoms with Crippen LogP contribution in [0.3, 0.4) is 0 Å². The van der Waals surface area contributed by atoms with E-state index in [0.717, 1.165) is 25.8 Å². The normalized spacial score (nSPS) is 15.1. The average Bonchev–Trinajstić information content (AvgIpc) is 2.11. The minimum atomic E-state index is -0.715. The number of carbonyl (C=O) groups is 1. The van der Waals surface area contributed by atoms with Crippen molar-refractivity contribution in [1.82, 2.24) is 10.2 Å². The van der Waals surface area contributed by atoms with Crippen LogP contribution < -0.4 is 11.1 Å². The fourth-order valence-electron chi connectivity index (χ4n) is 1.43. The van der Waals surface area contributed by atoms with Crippen molar-refractivity contribution >= 4 is 5.91 Å². The minimum absolute atomic E-state index is 0.0388. The van der Waals surface area contributed by atoms with Crippen LogP contribution in [0.4, 0.5) is 0 Å². The van der Waals surface area contributed by atoms with Gasteiger partial charge in [0.15, 0.2) is 0 Å². The number of rotatable bonds is 7. The molecule has 0 bridgehead atoms. The van der Waals surface area contributed by atoms with E-state index in [9.17, 15) is 4.79 Å². The first kappa shape index (κ1) is 14.4. The second-order valence-corrected chi connectivity index (χ2v) is 4.58. The molecule has 4 heteroatoms. The van der Waals surface area contributed by atoms with Crippen molar-refractivity contribution in [1.29, 1.82) is 0 Å². The molecule has 0 saturated carbocycles. The predicted molar refractivity (Wildman–Crippen MR) is 63.7 cm³/mol. The highest BCUT2D eigenvalue weighted by Crippen LogP contribution is 2.07. The van der Waals surface area contributed by atoms with E-state index in [1.54, 1.807) is 6.92 Å². The number of amides is 1. The first-order valence-electron chi connectivity index (χ1n) is 5.62. The Morgan fingerprint density at radius 1 is 1.47 bits per heavy atom. The third kappa shape index (κ3) is 6.47. The summed E-state index contributed by atoms with van der Waals surface area (Å²) < 4.78 is 0. The van der Waals surface area contributed by atoms with Crippen LogP contribution in [0.1, 0.15) is 33.1 Å². The lowest BCUT2D eigenvalue weighted by Gasteiger charge is -2.23. The number of nitrogens with zero attached hydrogens (tertiary/aromatic N) is 1. The molecule has 0 aromatic heterocycles. The fraction of sp³-hybridized carbons (Fsp3) is 0.909. The molecule has 0 saturated heterocycles. The average molecular weight is 215 g/mol. The third-order valence-corrected chi connectivity index (χ3v) is 2.36. The monoisotopic (exact) mass is 215 g/mol. The molecular weight excluding hydrogens is 190 g/mol. The molecule has 0 aliphatic carbocycles. The van der Waals surface area contributed by atoms with Crippen LogP contribution in [0.25, 0.3) is 0 Å². The largest absolute Gasteiger partial charge is 0.354 e. The summed E-state index contributed by atoms with van der Waals surface area (Å²) in [5.74, 6) is -0.0388. The van der Waals surface area contributed by atoms with Gasteiger partial charge in [0.1, 0.15) is 0 Å². The second kappa shape index (κ2) is 6.80. The number of hydrogen-bond acceptors (Lipinski definition) is 3. The van der Waals surface area contributed by atoms with Gasteiger partial charge in [0, 0.05) is 6.54 Å². The van der Waals surface area contributed by atoms with E-state index in [4.69, 9.17) is 5.73 Å². The van der Waals surface area contributed by atoms with Crippen LogP contribution in [0.5, 0.6) is 0 Å². The summed E-state index contributed by atoms with van der Waals surface area (Å²) in [6.45, 7) is 5.51. The van der Waals surface area contributed by atoms with Gasteiger partial charge in [-0.15, -0.1) is 0 Å². The lowest BCUT2D eigenvalue weighted by molar-refractivity contribution is -0.126. The van der Waals surface area contributed by atoms with E-state index in [1.165, 1.54) is 0 Å². The van der Waals surface area contributed by atoms with Crippen LogP contribution >= 0.6 is 0 Å². The topological polar surface area (TPSA) is 58.4 Å². The van der Waals surface area contributed by atoms with E-state index in [1.807, 2.05) is 21.0 Å². The van der Waals surface area contributed by atoms with E-state index in [0.29, 0.717) is 6.54 Å². The molecule has 0 radical (unpaired) electrons. The highest BCUT2D eigenvalue weighted by Gasteiger charge is 2.26. The van der Waals surface area contributed by atoms with Gasteiger partial charge in [0.05, 0.1) is 5.54 Å². The lowest BCUT2D eigenvalue weighted by atomic mass is 9.96. The molecule has 0 aliphatic heterocycles. The van der Waals surface area contributed by atoms with E-state index >= 15 is 0 Å². The zero-order valence-corrected chi connectivity index (χ0v) is 10.5. The van der Waals surface area contributed by atoms with Crippen molar-refractivity contribution in [3.05, 3.63) is 0 Å². The van der Waals surface area contributed by atoms with Gasteiger partial charge in [0.2, 0.25) is 5.91 Å². The van der Waals surface area contributed by atoms with Gasteiger partial charge in [-0.2, -0.15) is 0 Å². The molecule has 1 atom stereocenters. The van der Waals surface area contributed by atoms with Crippen LogP contribution in [0.2, 0.25) is 0 Å². The van der Waals surface area contributed by atoms with Crippen molar-refractivity contribution in [3.63, 3.8) is 0 Å². The number of hydrogen-bond donors (Lipinski definition) is 2. The van der Waals surface area contributed by atoms with Crippen molar-refractivity contribution in [2.45, 2.75) is 38.6 Å².